The van der Waals surface area contributed by atoms with E-state index < -0.39 is 5.76 Å². The molecule has 0 aromatic heterocycles. The quantitative estimate of drug-likeness (QED) is 0.444. The third-order valence-electron chi connectivity index (χ3n) is 3.67. The molecule has 0 radical (unpaired) electrons. The second kappa shape index (κ2) is 10.9. The van der Waals surface area contributed by atoms with Crippen LogP contribution in [0, 0.1) is 0 Å². The number of carbonyl (C=O) groups is 2. The summed E-state index contributed by atoms with van der Waals surface area (Å²) >= 11 is 6.22. The highest BCUT2D eigenvalue weighted by atomic mass is 35.5. The predicted molar refractivity (Wildman–Crippen MR) is 107 cm³/mol. The molecule has 0 spiro atoms. The molecule has 0 fully saturated rings. The monoisotopic (exact) mass is 428 g/mol. The molecular weight excluding hydrogens is 410 g/mol. The molecule has 0 aliphatic carbocycles. The number of carbonyl (C=O) groups excluding carboxylic acids is 2. The number of rotatable bonds is 9. The molecule has 5 nitrogen and oxygen atoms in total. The van der Waals surface area contributed by atoms with Gasteiger partial charge in [0.15, 0.2) is 0 Å². The van der Waals surface area contributed by atoms with Crippen molar-refractivity contribution in [3.63, 3.8) is 0 Å². The van der Waals surface area contributed by atoms with Crippen LogP contribution in [0.4, 0.5) is 14.5 Å². The summed E-state index contributed by atoms with van der Waals surface area (Å²) in [7, 11) is 1.54. The highest BCUT2D eigenvalue weighted by Crippen LogP contribution is 2.37. The van der Waals surface area contributed by atoms with Gasteiger partial charge in [-0.3, -0.25) is 9.59 Å². The zero-order valence-corrected chi connectivity index (χ0v) is 16.6. The number of hydrogen-bond donors (Lipinski definition) is 2. The van der Waals surface area contributed by atoms with E-state index >= 15 is 0 Å². The molecule has 0 bridgehead atoms. The Morgan fingerprint density at radius 3 is 2.54 bits per heavy atom. The molecule has 2 aromatic rings. The van der Waals surface area contributed by atoms with Crippen LogP contribution in [-0.4, -0.2) is 31.2 Å². The van der Waals surface area contributed by atoms with E-state index in [9.17, 15) is 18.4 Å². The molecule has 0 unspecified atom stereocenters. The van der Waals surface area contributed by atoms with Crippen molar-refractivity contribution in [2.75, 3.05) is 19.0 Å². The zero-order chi connectivity index (χ0) is 20.5. The predicted octanol–water partition coefficient (Wildman–Crippen LogP) is 4.81. The Bertz CT molecular complexity index is 819. The Morgan fingerprint density at radius 2 is 1.89 bits per heavy atom. The SMILES string of the molecule is COc1ccc(C(=O)NCCCC(=O)Nc2cccc(Cl)c2SC(F)F)cc1. The van der Waals surface area contributed by atoms with Crippen molar-refractivity contribution in [2.24, 2.45) is 0 Å². The van der Waals surface area contributed by atoms with Gasteiger partial charge in [0.05, 0.1) is 22.7 Å². The highest BCUT2D eigenvalue weighted by Gasteiger charge is 2.15. The molecule has 28 heavy (non-hydrogen) atoms. The topological polar surface area (TPSA) is 67.4 Å². The lowest BCUT2D eigenvalue weighted by Crippen LogP contribution is -2.25. The van der Waals surface area contributed by atoms with Crippen LogP contribution in [-0.2, 0) is 4.79 Å². The molecule has 2 rings (SSSR count). The maximum atomic E-state index is 12.7. The van der Waals surface area contributed by atoms with Gasteiger partial charge in [0, 0.05) is 18.5 Å². The fourth-order valence-corrected chi connectivity index (χ4v) is 3.24. The summed E-state index contributed by atoms with van der Waals surface area (Å²) in [6, 6.07) is 11.2. The van der Waals surface area contributed by atoms with E-state index in [0.29, 0.717) is 24.3 Å². The summed E-state index contributed by atoms with van der Waals surface area (Å²) in [5.74, 6) is -2.60. The van der Waals surface area contributed by atoms with E-state index in [-0.39, 0.29) is 45.6 Å². The first-order chi connectivity index (χ1) is 13.4. The van der Waals surface area contributed by atoms with Gasteiger partial charge in [0.1, 0.15) is 5.75 Å². The van der Waals surface area contributed by atoms with Crippen LogP contribution in [0.2, 0.25) is 5.02 Å². The summed E-state index contributed by atoms with van der Waals surface area (Å²) in [6.45, 7) is 0.298. The lowest BCUT2D eigenvalue weighted by molar-refractivity contribution is -0.116. The molecule has 150 valence electrons. The fourth-order valence-electron chi connectivity index (χ4n) is 2.32. The molecule has 0 aliphatic heterocycles. The highest BCUT2D eigenvalue weighted by molar-refractivity contribution is 7.99. The van der Waals surface area contributed by atoms with Crippen molar-refractivity contribution < 1.29 is 23.1 Å². The van der Waals surface area contributed by atoms with Crippen molar-refractivity contribution in [1.82, 2.24) is 5.32 Å². The number of halogens is 3. The van der Waals surface area contributed by atoms with Crippen molar-refractivity contribution in [3.05, 3.63) is 53.1 Å². The number of hydrogen-bond acceptors (Lipinski definition) is 4. The number of alkyl halides is 2. The Labute approximate surface area is 170 Å². The van der Waals surface area contributed by atoms with Crippen LogP contribution in [0.1, 0.15) is 23.2 Å². The van der Waals surface area contributed by atoms with E-state index in [2.05, 4.69) is 10.6 Å². The first kappa shape index (κ1) is 22.0. The number of thioether (sulfide) groups is 1. The molecule has 9 heteroatoms. The normalized spacial score (nSPS) is 10.6. The van der Waals surface area contributed by atoms with E-state index in [4.69, 9.17) is 16.3 Å². The zero-order valence-electron chi connectivity index (χ0n) is 15.0. The van der Waals surface area contributed by atoms with Gasteiger partial charge in [0.25, 0.3) is 11.7 Å². The summed E-state index contributed by atoms with van der Waals surface area (Å²) in [5.41, 5.74) is 0.725. The lowest BCUT2D eigenvalue weighted by atomic mass is 10.2. The molecule has 2 amide bonds. The standard InChI is InChI=1S/C19H19ClF2N2O3S/c1-27-13-9-7-12(8-10-13)18(26)23-11-3-6-16(25)24-15-5-2-4-14(20)17(15)28-19(21)22/h2,4-5,7-10,19H,3,6,11H2,1H3,(H,23,26)(H,24,25). The minimum absolute atomic E-state index is 0.119. The van der Waals surface area contributed by atoms with Gasteiger partial charge in [-0.25, -0.2) is 0 Å². The van der Waals surface area contributed by atoms with Crippen LogP contribution in [0.15, 0.2) is 47.4 Å². The van der Waals surface area contributed by atoms with Gasteiger partial charge in [-0.2, -0.15) is 8.78 Å². The molecule has 0 saturated heterocycles. The summed E-state index contributed by atoms with van der Waals surface area (Å²) in [4.78, 5) is 24.2. The number of amides is 2. The van der Waals surface area contributed by atoms with Gasteiger partial charge < -0.3 is 15.4 Å². The second-order valence-electron chi connectivity index (χ2n) is 5.63. The number of ether oxygens (including phenoxy) is 1. The molecule has 0 aliphatic rings. The second-order valence-corrected chi connectivity index (χ2v) is 7.04. The van der Waals surface area contributed by atoms with E-state index in [1.165, 1.54) is 12.1 Å². The number of anilines is 1. The van der Waals surface area contributed by atoms with E-state index in [1.807, 2.05) is 0 Å². The fraction of sp³-hybridized carbons (Fsp3) is 0.263. The van der Waals surface area contributed by atoms with Crippen molar-refractivity contribution >= 4 is 40.9 Å². The number of benzene rings is 2. The first-order valence-electron chi connectivity index (χ1n) is 8.36. The third-order valence-corrected chi connectivity index (χ3v) is 4.95. The smallest absolute Gasteiger partial charge is 0.289 e. The minimum atomic E-state index is -2.65. The van der Waals surface area contributed by atoms with Gasteiger partial charge in [0.2, 0.25) is 5.91 Å². The Kier molecular flexibility index (Phi) is 8.53. The average molecular weight is 429 g/mol. The maximum Gasteiger partial charge on any atom is 0.289 e. The molecule has 2 aromatic carbocycles. The molecule has 2 N–H and O–H groups in total. The molecule has 0 saturated carbocycles. The summed E-state index contributed by atoms with van der Waals surface area (Å²) in [6.07, 6.45) is 0.514. The molecule has 0 heterocycles. The van der Waals surface area contributed by atoms with Crippen molar-refractivity contribution in [2.45, 2.75) is 23.5 Å². The Hall–Kier alpha value is -2.32. The Balaban J connectivity index is 1.80. The Morgan fingerprint density at radius 1 is 1.18 bits per heavy atom. The van der Waals surface area contributed by atoms with Crippen LogP contribution in [0.3, 0.4) is 0 Å². The minimum Gasteiger partial charge on any atom is -0.497 e. The van der Waals surface area contributed by atoms with Crippen LogP contribution in [0.5, 0.6) is 5.75 Å². The summed E-state index contributed by atoms with van der Waals surface area (Å²) < 4.78 is 30.4. The molecule has 0 atom stereocenters. The number of nitrogens with one attached hydrogen (secondary N) is 2. The average Bonchev–Trinajstić information content (AvgIpc) is 2.67. The number of methoxy groups -OCH3 is 1. The van der Waals surface area contributed by atoms with Crippen LogP contribution in [0.25, 0.3) is 0 Å². The first-order valence-corrected chi connectivity index (χ1v) is 9.62. The largest absolute Gasteiger partial charge is 0.497 e. The lowest BCUT2D eigenvalue weighted by Gasteiger charge is -2.12. The summed E-state index contributed by atoms with van der Waals surface area (Å²) in [5, 5.41) is 5.45. The maximum absolute atomic E-state index is 12.7. The van der Waals surface area contributed by atoms with Crippen LogP contribution >= 0.6 is 23.4 Å². The molecular formula is C19H19ClF2N2O3S. The van der Waals surface area contributed by atoms with Crippen molar-refractivity contribution in [3.8, 4) is 5.75 Å². The van der Waals surface area contributed by atoms with Crippen molar-refractivity contribution in [1.29, 1.82) is 0 Å². The van der Waals surface area contributed by atoms with E-state index in [0.717, 1.165) is 0 Å². The van der Waals surface area contributed by atoms with Gasteiger partial charge in [-0.1, -0.05) is 29.4 Å². The van der Waals surface area contributed by atoms with E-state index in [1.54, 1.807) is 37.4 Å². The third kappa shape index (κ3) is 6.69. The van der Waals surface area contributed by atoms with Crippen LogP contribution < -0.4 is 15.4 Å². The van der Waals surface area contributed by atoms with Gasteiger partial charge >= 0.3 is 0 Å². The van der Waals surface area contributed by atoms with Gasteiger partial charge in [-0.05, 0) is 42.8 Å². The van der Waals surface area contributed by atoms with Gasteiger partial charge in [-0.15, -0.1) is 0 Å².